The molecule has 0 aromatic heterocycles. The van der Waals surface area contributed by atoms with Crippen LogP contribution in [0.25, 0.3) is 0 Å². The van der Waals surface area contributed by atoms with Crippen LogP contribution in [0.1, 0.15) is 33.4 Å². The molecule has 27 nitrogen and oxygen atoms in total. The molecule has 0 spiro atoms. The predicted molar refractivity (Wildman–Crippen MR) is 437 cm³/mol. The van der Waals surface area contributed by atoms with E-state index in [1.807, 2.05) is 72.8 Å². The maximum absolute atomic E-state index is 7.63. The van der Waals surface area contributed by atoms with E-state index in [2.05, 4.69) is 166 Å². The fourth-order valence-electron chi connectivity index (χ4n) is 14.1. The minimum absolute atomic E-state index is 0.478. The lowest BCUT2D eigenvalue weighted by Crippen LogP contribution is -2.33. The highest BCUT2D eigenvalue weighted by molar-refractivity contribution is 7.79. The molecule has 588 valence electrons. The summed E-state index contributed by atoms with van der Waals surface area (Å²) in [6.07, 6.45) is 0. The Kier molecular flexibility index (Phi) is 32.1. The van der Waals surface area contributed by atoms with E-state index >= 15 is 0 Å². The van der Waals surface area contributed by atoms with Crippen LogP contribution in [0.15, 0.2) is 159 Å². The van der Waals surface area contributed by atoms with Crippen LogP contribution in [0.4, 0.5) is 0 Å². The number of nitrogens with zero attached hydrogens (tertiary/aromatic N) is 9. The Morgan fingerprint density at radius 3 is 0.426 bits per heavy atom. The number of benzene rings is 6. The van der Waals surface area contributed by atoms with Gasteiger partial charge >= 0.3 is 23.0 Å². The van der Waals surface area contributed by atoms with Gasteiger partial charge in [0.15, 0.2) is 0 Å². The Morgan fingerprint density at radius 1 is 0.185 bits per heavy atom. The van der Waals surface area contributed by atoms with Gasteiger partial charge in [0.1, 0.15) is 34.5 Å². The van der Waals surface area contributed by atoms with E-state index < -0.39 is 23.0 Å². The van der Waals surface area contributed by atoms with Crippen molar-refractivity contribution in [3.8, 4) is 34.5 Å². The summed E-state index contributed by atoms with van der Waals surface area (Å²) in [6.45, 7) is 37.9. The van der Waals surface area contributed by atoms with Gasteiger partial charge < -0.3 is 90.9 Å². The molecule has 0 bridgehead atoms. The van der Waals surface area contributed by atoms with Gasteiger partial charge in [0.2, 0.25) is 0 Å². The quantitative estimate of drug-likeness (QED) is 0.0298. The van der Waals surface area contributed by atoms with Crippen molar-refractivity contribution in [2.75, 3.05) is 236 Å². The molecule has 12 N–H and O–H groups in total. The molecule has 108 heavy (non-hydrogen) atoms. The maximum Gasteiger partial charge on any atom is 0.460 e. The van der Waals surface area contributed by atoms with Crippen molar-refractivity contribution in [1.29, 1.82) is 0 Å². The van der Waals surface area contributed by atoms with E-state index in [9.17, 15) is 0 Å². The van der Waals surface area contributed by atoms with Gasteiger partial charge in [-0.15, -0.1) is 0 Å². The molecular weight excluding hydrogens is 1420 g/mol. The summed E-state index contributed by atoms with van der Waals surface area (Å²) in [5.41, 5.74) is 6.82. The van der Waals surface area contributed by atoms with Crippen molar-refractivity contribution >= 4 is 23.0 Å². The number of hydrogen-bond donors (Lipinski definition) is 12. The molecule has 7 heterocycles. The van der Waals surface area contributed by atoms with Gasteiger partial charge in [-0.05, 0) is 106 Å². The minimum atomic E-state index is -4.31. The van der Waals surface area contributed by atoms with Gasteiger partial charge in [-0.2, -0.15) is 0 Å². The van der Waals surface area contributed by atoms with Crippen LogP contribution in [0.2, 0.25) is 0 Å². The highest BCUT2D eigenvalue weighted by atomic mass is 31.3. The van der Waals surface area contributed by atoms with Gasteiger partial charge in [-0.3, -0.25) is 29.4 Å². The van der Waals surface area contributed by atoms with Crippen molar-refractivity contribution in [2.45, 2.75) is 39.3 Å². The molecule has 0 amide bonds. The lowest BCUT2D eigenvalue weighted by molar-refractivity contribution is 0.272. The van der Waals surface area contributed by atoms with Gasteiger partial charge in [-0.1, -0.05) is 86.3 Å². The van der Waals surface area contributed by atoms with E-state index in [1.165, 1.54) is 0 Å². The van der Waals surface area contributed by atoms with Crippen LogP contribution < -0.4 is 90.9 Å². The molecule has 0 saturated carbocycles. The molecule has 0 aliphatic carbocycles. The first-order valence-corrected chi connectivity index (χ1v) is 44.3. The Labute approximate surface area is 641 Å². The third kappa shape index (κ3) is 26.6. The normalized spacial score (nSPS) is 21.7. The zero-order valence-corrected chi connectivity index (χ0v) is 66.1. The average Bonchev–Trinajstić information content (AvgIpc) is 0.737. The Morgan fingerprint density at radius 2 is 0.306 bits per heavy atom. The summed E-state index contributed by atoms with van der Waals surface area (Å²) >= 11 is 0. The molecular formula is C78H120N21O6P3. The van der Waals surface area contributed by atoms with E-state index in [0.717, 1.165) is 308 Å². The summed E-state index contributed by atoms with van der Waals surface area (Å²) in [6, 6.07) is 49.6. The first-order chi connectivity index (χ1) is 53.3. The van der Waals surface area contributed by atoms with E-state index in [0.29, 0.717) is 34.5 Å². The predicted octanol–water partition coefficient (Wildman–Crippen LogP) is 6.28. The van der Waals surface area contributed by atoms with Crippen molar-refractivity contribution in [1.82, 2.24) is 93.2 Å². The average molecular weight is 1540 g/mol. The third-order valence-electron chi connectivity index (χ3n) is 20.1. The van der Waals surface area contributed by atoms with Gasteiger partial charge in [0.25, 0.3) is 0 Å². The molecule has 30 heteroatoms. The zero-order valence-electron chi connectivity index (χ0n) is 63.4. The van der Waals surface area contributed by atoms with Gasteiger partial charge in [0.05, 0.1) is 0 Å². The van der Waals surface area contributed by atoms with Crippen LogP contribution in [0, 0.1) is 0 Å². The first kappa shape index (κ1) is 80.2. The van der Waals surface area contributed by atoms with Gasteiger partial charge in [0, 0.05) is 275 Å². The largest absolute Gasteiger partial charge is 0.460 e. The minimum Gasteiger partial charge on any atom is -0.413 e. The van der Waals surface area contributed by atoms with Crippen LogP contribution in [0.3, 0.4) is 0 Å². The number of nitrogens with one attached hydrogen (secondary N) is 12. The van der Waals surface area contributed by atoms with E-state index in [-0.39, 0.29) is 0 Å². The summed E-state index contributed by atoms with van der Waals surface area (Å²) in [5.74, 6) is 2.87. The van der Waals surface area contributed by atoms with Crippen molar-refractivity contribution in [3.63, 3.8) is 0 Å². The summed E-state index contributed by atoms with van der Waals surface area (Å²) in [7, 11) is -12.9. The monoisotopic (exact) mass is 1540 g/mol. The molecule has 7 aliphatic rings. The lowest BCUT2D eigenvalue weighted by Gasteiger charge is -2.33. The second-order valence-corrected chi connectivity index (χ2v) is 35.0. The fourth-order valence-corrected chi connectivity index (χ4v) is 23.2. The first-order valence-electron chi connectivity index (χ1n) is 39.7. The molecule has 13 rings (SSSR count). The molecule has 6 aromatic carbocycles. The molecule has 0 radical (unpaired) electrons. The van der Waals surface area contributed by atoms with Crippen molar-refractivity contribution in [2.24, 2.45) is 13.5 Å². The fraction of sp³-hybridized carbons (Fsp3) is 0.538. The molecule has 0 atom stereocenters. The van der Waals surface area contributed by atoms with Crippen molar-refractivity contribution < 1.29 is 27.1 Å². The second-order valence-electron chi connectivity index (χ2n) is 28.8. The Bertz CT molecular complexity index is 3090. The SMILES string of the molecule is c1cc(OP2(Oc3ccc(CN4CCNCCNCC4)cc3)=NP(Oc3ccc(CN4CCNCCNCC4)cc3)(Oc3ccc(CN4CCNCCNCC4)cc3)=NP(Oc3ccc(CN4CCNCCNCC4)cc3)(Oc3ccc(CN4CCNCCNCC4)cc3)=N2)ccc1CN1CCNCCNCC1. The Balaban J connectivity index is 0.965. The zero-order chi connectivity index (χ0) is 73.4. The second kappa shape index (κ2) is 43.2. The number of hydrogen-bond acceptors (Lipinski definition) is 27. The highest BCUT2D eigenvalue weighted by Crippen LogP contribution is 2.78. The Hall–Kier alpha value is -5.91. The smallest absolute Gasteiger partial charge is 0.413 e. The van der Waals surface area contributed by atoms with E-state index in [1.54, 1.807) is 0 Å². The molecule has 6 aromatic rings. The van der Waals surface area contributed by atoms with Crippen LogP contribution in [0.5, 0.6) is 34.5 Å². The third-order valence-corrected chi connectivity index (χ3v) is 28.2. The molecule has 6 fully saturated rings. The molecule has 0 unspecified atom stereocenters. The van der Waals surface area contributed by atoms with Gasteiger partial charge in [-0.25, -0.2) is 0 Å². The maximum atomic E-state index is 7.63. The molecule has 6 saturated heterocycles. The van der Waals surface area contributed by atoms with Crippen LogP contribution >= 0.6 is 23.0 Å². The molecule has 7 aliphatic heterocycles. The topological polar surface area (TPSA) is 256 Å². The highest BCUT2D eigenvalue weighted by Gasteiger charge is 2.49. The van der Waals surface area contributed by atoms with Crippen LogP contribution in [-0.2, 0) is 39.3 Å². The summed E-state index contributed by atoms with van der Waals surface area (Å²) < 4.78 is 63.3. The van der Waals surface area contributed by atoms with Crippen molar-refractivity contribution in [3.05, 3.63) is 179 Å². The van der Waals surface area contributed by atoms with E-state index in [4.69, 9.17) is 40.7 Å². The standard InChI is InChI=1S/C78H120N21O6P3/c1-13-73(14-2-67(1)61-94-49-37-79-25-26-80-38-50-94)100-106(101-74-15-3-68(4-16-74)62-95-51-39-81-27-28-82-40-52-95)91-107(102-75-17-5-69(6-18-75)63-96-53-41-83-29-30-84-42-54-96,103-76-19-7-70(8-20-76)64-97-55-43-85-31-32-86-44-56-97)93-108(92-106,104-77-21-9-71(10-22-77)65-98-57-45-87-33-34-88-46-58-98)105-78-23-11-72(12-24-78)66-99-59-47-89-35-36-90-48-60-99/h1-24,79-90H,25-66H2. The summed E-state index contributed by atoms with van der Waals surface area (Å²) in [4.78, 5) is 14.9. The van der Waals surface area contributed by atoms with Crippen LogP contribution in [-0.4, -0.2) is 265 Å². The number of rotatable bonds is 24. The summed E-state index contributed by atoms with van der Waals surface area (Å²) in [5, 5.41) is 43.0. The lowest BCUT2D eigenvalue weighted by atomic mass is 10.2.